The number of aryl methyl sites for hydroxylation is 1. The third kappa shape index (κ3) is 3.15. The van der Waals surface area contributed by atoms with Crippen molar-refractivity contribution in [2.24, 2.45) is 0 Å². The Kier molecular flexibility index (Phi) is 4.01. The molecule has 11 heteroatoms. The molecule has 2 aromatic rings. The molecule has 2 heterocycles. The minimum absolute atomic E-state index is 0.0925. The second-order valence-corrected chi connectivity index (χ2v) is 7.97. The fraction of sp³-hybridized carbons (Fsp3) is 0.333. The van der Waals surface area contributed by atoms with Gasteiger partial charge >= 0.3 is 15.6 Å². The molecule has 2 aromatic heterocycles. The zero-order chi connectivity index (χ0) is 16.8. The summed E-state index contributed by atoms with van der Waals surface area (Å²) in [7, 11) is -5.78. The molecule has 124 valence electrons. The number of hydrogen-bond donors (Lipinski definition) is 0. The molecule has 0 unspecified atom stereocenters. The zero-order valence-electron chi connectivity index (χ0n) is 11.2. The number of hydrogen-bond acceptors (Lipinski definition) is 6. The van der Waals surface area contributed by atoms with Gasteiger partial charge in [-0.15, -0.1) is 11.3 Å². The van der Waals surface area contributed by atoms with Gasteiger partial charge in [-0.2, -0.15) is 26.6 Å². The maximum atomic E-state index is 12.5. The minimum atomic E-state index is -5.78. The SMILES string of the molecule is O=S(=O)(Oc1nc(-c2ccc(Cl)s2)nc2c1CCC2)C(F)(F)F. The summed E-state index contributed by atoms with van der Waals surface area (Å²) in [5, 5.41) is 0. The van der Waals surface area contributed by atoms with Gasteiger partial charge in [-0.3, -0.25) is 0 Å². The van der Waals surface area contributed by atoms with Crippen molar-refractivity contribution < 1.29 is 25.8 Å². The van der Waals surface area contributed by atoms with E-state index in [1.807, 2.05) is 0 Å². The van der Waals surface area contributed by atoms with E-state index in [1.54, 1.807) is 12.1 Å². The van der Waals surface area contributed by atoms with E-state index >= 15 is 0 Å². The van der Waals surface area contributed by atoms with Crippen LogP contribution < -0.4 is 4.18 Å². The van der Waals surface area contributed by atoms with Gasteiger partial charge in [0, 0.05) is 5.56 Å². The second kappa shape index (κ2) is 5.60. The number of alkyl halides is 3. The van der Waals surface area contributed by atoms with Crippen LogP contribution >= 0.6 is 22.9 Å². The Labute approximate surface area is 138 Å². The highest BCUT2D eigenvalue weighted by Gasteiger charge is 2.49. The molecule has 0 fully saturated rings. The van der Waals surface area contributed by atoms with Crippen LogP contribution in [0.3, 0.4) is 0 Å². The topological polar surface area (TPSA) is 69.2 Å². The molecule has 0 spiro atoms. The summed E-state index contributed by atoms with van der Waals surface area (Å²) in [6.07, 6.45) is 1.52. The summed E-state index contributed by atoms with van der Waals surface area (Å²) >= 11 is 6.95. The van der Waals surface area contributed by atoms with Gasteiger partial charge in [0.1, 0.15) is 0 Å². The number of thiophene rings is 1. The van der Waals surface area contributed by atoms with Gasteiger partial charge in [-0.25, -0.2) is 4.98 Å². The minimum Gasteiger partial charge on any atom is -0.355 e. The number of aromatic nitrogens is 2. The average Bonchev–Trinajstić information content (AvgIpc) is 3.05. The first-order chi connectivity index (χ1) is 10.7. The van der Waals surface area contributed by atoms with Crippen molar-refractivity contribution in [1.29, 1.82) is 0 Å². The highest BCUT2D eigenvalue weighted by atomic mass is 35.5. The lowest BCUT2D eigenvalue weighted by Gasteiger charge is -2.12. The van der Waals surface area contributed by atoms with Crippen molar-refractivity contribution in [3.05, 3.63) is 27.7 Å². The van der Waals surface area contributed by atoms with Gasteiger partial charge in [-0.1, -0.05) is 11.6 Å². The normalized spacial score (nSPS) is 14.8. The Morgan fingerprint density at radius 2 is 1.96 bits per heavy atom. The van der Waals surface area contributed by atoms with Gasteiger partial charge in [0.15, 0.2) is 5.82 Å². The number of fused-ring (bicyclic) bond motifs is 1. The van der Waals surface area contributed by atoms with Crippen molar-refractivity contribution in [2.75, 3.05) is 0 Å². The van der Waals surface area contributed by atoms with E-state index in [9.17, 15) is 21.6 Å². The van der Waals surface area contributed by atoms with Crippen LogP contribution in [-0.4, -0.2) is 23.9 Å². The summed E-state index contributed by atoms with van der Waals surface area (Å²) < 4.78 is 64.8. The quantitative estimate of drug-likeness (QED) is 0.597. The van der Waals surface area contributed by atoms with Crippen LogP contribution in [0.2, 0.25) is 4.34 Å². The summed E-state index contributed by atoms with van der Waals surface area (Å²) in [6, 6.07) is 3.19. The van der Waals surface area contributed by atoms with E-state index < -0.39 is 21.5 Å². The molecule has 0 bridgehead atoms. The van der Waals surface area contributed by atoms with E-state index in [0.717, 1.165) is 11.3 Å². The van der Waals surface area contributed by atoms with Crippen molar-refractivity contribution in [3.63, 3.8) is 0 Å². The first-order valence-corrected chi connectivity index (χ1v) is 8.94. The maximum Gasteiger partial charge on any atom is 0.534 e. The maximum absolute atomic E-state index is 12.5. The molecule has 23 heavy (non-hydrogen) atoms. The first-order valence-electron chi connectivity index (χ1n) is 6.33. The lowest BCUT2D eigenvalue weighted by Crippen LogP contribution is -2.28. The lowest BCUT2D eigenvalue weighted by molar-refractivity contribution is -0.0501. The van der Waals surface area contributed by atoms with Crippen LogP contribution in [0, 0.1) is 0 Å². The largest absolute Gasteiger partial charge is 0.534 e. The lowest BCUT2D eigenvalue weighted by atomic mass is 10.2. The predicted molar refractivity (Wildman–Crippen MR) is 78.0 cm³/mol. The molecule has 0 aromatic carbocycles. The molecule has 0 radical (unpaired) electrons. The Bertz CT molecular complexity index is 865. The van der Waals surface area contributed by atoms with E-state index in [0.29, 0.717) is 39.7 Å². The molecule has 0 N–H and O–H groups in total. The molecular formula is C12H8ClF3N2O3S2. The molecule has 5 nitrogen and oxygen atoms in total. The third-order valence-electron chi connectivity index (χ3n) is 3.16. The van der Waals surface area contributed by atoms with Gasteiger partial charge in [-0.05, 0) is 31.4 Å². The molecule has 3 rings (SSSR count). The van der Waals surface area contributed by atoms with Gasteiger partial charge < -0.3 is 4.18 Å². The van der Waals surface area contributed by atoms with Crippen LogP contribution in [-0.2, 0) is 23.0 Å². The molecule has 0 atom stereocenters. The molecule has 1 aliphatic carbocycles. The Balaban J connectivity index is 2.08. The summed E-state index contributed by atoms with van der Waals surface area (Å²) in [4.78, 5) is 8.65. The van der Waals surface area contributed by atoms with Crippen LogP contribution in [0.4, 0.5) is 13.2 Å². The molecule has 0 saturated carbocycles. The number of rotatable bonds is 3. The Morgan fingerprint density at radius 1 is 1.22 bits per heavy atom. The molecule has 0 amide bonds. The highest BCUT2D eigenvalue weighted by Crippen LogP contribution is 2.36. The number of nitrogens with zero attached hydrogens (tertiary/aromatic N) is 2. The van der Waals surface area contributed by atoms with E-state index in [2.05, 4.69) is 14.2 Å². The first kappa shape index (κ1) is 16.5. The predicted octanol–water partition coefficient (Wildman–Crippen LogP) is 3.58. The smallest absolute Gasteiger partial charge is 0.355 e. The van der Waals surface area contributed by atoms with Crippen molar-refractivity contribution in [1.82, 2.24) is 9.97 Å². The molecule has 0 aliphatic heterocycles. The van der Waals surface area contributed by atoms with Gasteiger partial charge in [0.05, 0.1) is 14.9 Å². The monoisotopic (exact) mass is 384 g/mol. The van der Waals surface area contributed by atoms with Crippen molar-refractivity contribution in [2.45, 2.75) is 24.8 Å². The van der Waals surface area contributed by atoms with Crippen LogP contribution in [0.25, 0.3) is 10.7 Å². The molecule has 1 aliphatic rings. The van der Waals surface area contributed by atoms with Crippen LogP contribution in [0.5, 0.6) is 5.88 Å². The van der Waals surface area contributed by atoms with E-state index in [-0.39, 0.29) is 5.82 Å². The van der Waals surface area contributed by atoms with Crippen molar-refractivity contribution >= 4 is 33.1 Å². The molecular weight excluding hydrogens is 377 g/mol. The number of halogens is 4. The third-order valence-corrected chi connectivity index (χ3v) is 5.33. The van der Waals surface area contributed by atoms with Crippen molar-refractivity contribution in [3.8, 4) is 16.6 Å². The van der Waals surface area contributed by atoms with Gasteiger partial charge in [0.2, 0.25) is 5.88 Å². The standard InChI is InChI=1S/C12H8ClF3N2O3S2/c13-9-5-4-8(22-9)10-17-7-3-1-2-6(7)11(18-10)21-23(19,20)12(14,15)16/h4-5H,1-3H2. The van der Waals surface area contributed by atoms with Crippen LogP contribution in [0.1, 0.15) is 17.7 Å². The zero-order valence-corrected chi connectivity index (χ0v) is 13.6. The highest BCUT2D eigenvalue weighted by molar-refractivity contribution is 7.87. The van der Waals surface area contributed by atoms with E-state index in [1.165, 1.54) is 0 Å². The fourth-order valence-electron chi connectivity index (χ4n) is 2.16. The summed E-state index contributed by atoms with van der Waals surface area (Å²) in [5.41, 5.74) is -4.73. The second-order valence-electron chi connectivity index (χ2n) is 4.72. The Morgan fingerprint density at radius 3 is 2.57 bits per heavy atom. The Hall–Kier alpha value is -1.39. The average molecular weight is 385 g/mol. The fourth-order valence-corrected chi connectivity index (χ4v) is 3.58. The summed E-state index contributed by atoms with van der Waals surface area (Å²) in [6.45, 7) is 0. The molecule has 0 saturated heterocycles. The summed E-state index contributed by atoms with van der Waals surface area (Å²) in [5.74, 6) is -0.473. The van der Waals surface area contributed by atoms with Crippen LogP contribution in [0.15, 0.2) is 12.1 Å². The van der Waals surface area contributed by atoms with Gasteiger partial charge in [0.25, 0.3) is 0 Å². The van der Waals surface area contributed by atoms with E-state index in [4.69, 9.17) is 11.6 Å².